The molecule has 1 N–H and O–H groups in total. The molecule has 2 aromatic rings. The number of benzene rings is 2. The highest BCUT2D eigenvalue weighted by Crippen LogP contribution is 2.47. The van der Waals surface area contributed by atoms with Crippen LogP contribution in [-0.4, -0.2) is 61.1 Å². The number of methoxy groups -OCH3 is 1. The average Bonchev–Trinajstić information content (AvgIpc) is 3.87. The van der Waals surface area contributed by atoms with E-state index in [-0.39, 0.29) is 41.3 Å². The lowest BCUT2D eigenvalue weighted by atomic mass is 9.68. The van der Waals surface area contributed by atoms with Crippen LogP contribution in [0.25, 0.3) is 0 Å². The van der Waals surface area contributed by atoms with Gasteiger partial charge in [-0.05, 0) is 118 Å². The standard InChI is InChI=1S/C37H46ClN3O6S/c1-36(2)35(43)40-48(44,39-34(42)18-24-8-9-24)28-12-15-33-31(20-28)41(21-26-10-13-29(26)32(45-3)7-5-17-47-36)22-37(23-46-33)16-4-6-25-19-27(38)11-14-30(25)37/h5,7,11-12,14-15,19-20,24,26,29,32H,4,6,8-10,13,16-18,21-23H2,1-3H3,(H,39,40,42,43,44)/t26-,29+,32-,37-,48+/m0/s1. The van der Waals surface area contributed by atoms with Crippen molar-refractivity contribution in [2.45, 2.75) is 87.2 Å². The maximum atomic E-state index is 14.9. The topological polar surface area (TPSA) is 107 Å². The van der Waals surface area contributed by atoms with E-state index >= 15 is 0 Å². The zero-order valence-electron chi connectivity index (χ0n) is 28.0. The first-order valence-electron chi connectivity index (χ1n) is 17.2. The van der Waals surface area contributed by atoms with Gasteiger partial charge in [0.05, 0.1) is 29.9 Å². The molecule has 2 amide bonds. The van der Waals surface area contributed by atoms with Gasteiger partial charge in [-0.1, -0.05) is 29.8 Å². The number of halogens is 1. The van der Waals surface area contributed by atoms with Gasteiger partial charge in [0.1, 0.15) is 11.4 Å². The number of nitrogens with zero attached hydrogens (tertiary/aromatic N) is 2. The Morgan fingerprint density at radius 2 is 2.00 bits per heavy atom. The first-order valence-corrected chi connectivity index (χ1v) is 19.1. The second-order valence-corrected chi connectivity index (χ2v) is 17.1. The first-order chi connectivity index (χ1) is 23.0. The highest BCUT2D eigenvalue weighted by molar-refractivity contribution is 7.92. The van der Waals surface area contributed by atoms with Gasteiger partial charge in [-0.25, -0.2) is 4.21 Å². The van der Waals surface area contributed by atoms with Crippen LogP contribution in [0.4, 0.5) is 5.69 Å². The summed E-state index contributed by atoms with van der Waals surface area (Å²) >= 11 is 6.46. The molecule has 0 saturated heterocycles. The summed E-state index contributed by atoms with van der Waals surface area (Å²) in [4.78, 5) is 29.5. The minimum Gasteiger partial charge on any atom is -0.490 e. The van der Waals surface area contributed by atoms with Crippen LogP contribution in [0.1, 0.15) is 69.9 Å². The maximum absolute atomic E-state index is 14.9. The van der Waals surface area contributed by atoms with E-state index in [2.05, 4.69) is 26.1 Å². The highest BCUT2D eigenvalue weighted by Gasteiger charge is 2.45. The Labute approximate surface area is 289 Å². The number of rotatable bonds is 4. The van der Waals surface area contributed by atoms with Crippen LogP contribution in [0.3, 0.4) is 0 Å². The third-order valence-corrected chi connectivity index (χ3v) is 13.0. The SMILES string of the molecule is CO[C@H]1C=CCOC(C)(C)C(=O)N=[S@](=O)(NC(=O)CC2CC2)c2ccc3c(c2)N(C[C@@H]2CC[C@H]21)C[C@@]1(CCCc2cc(Cl)ccc21)CO3. The van der Waals surface area contributed by atoms with Crippen molar-refractivity contribution in [3.8, 4) is 5.75 Å². The van der Waals surface area contributed by atoms with Crippen molar-refractivity contribution in [3.63, 3.8) is 0 Å². The highest BCUT2D eigenvalue weighted by atomic mass is 35.5. The van der Waals surface area contributed by atoms with E-state index in [1.807, 2.05) is 30.4 Å². The van der Waals surface area contributed by atoms with E-state index in [1.54, 1.807) is 27.0 Å². The summed E-state index contributed by atoms with van der Waals surface area (Å²) in [6, 6.07) is 11.5. The zero-order valence-corrected chi connectivity index (χ0v) is 29.6. The van der Waals surface area contributed by atoms with Crippen LogP contribution in [-0.2, 0) is 40.8 Å². The van der Waals surface area contributed by atoms with E-state index in [4.69, 9.17) is 25.8 Å². The first kappa shape index (κ1) is 33.6. The second-order valence-electron chi connectivity index (χ2n) is 14.8. The van der Waals surface area contributed by atoms with Crippen LogP contribution < -0.4 is 14.4 Å². The number of carbonyl (C=O) groups excluding carboxylic acids is 2. The Bertz CT molecular complexity index is 1750. The molecule has 1 spiro atoms. The fraction of sp³-hybridized carbons (Fsp3) is 0.568. The van der Waals surface area contributed by atoms with Gasteiger partial charge in [0.2, 0.25) is 5.91 Å². The van der Waals surface area contributed by atoms with Gasteiger partial charge in [-0.15, -0.1) is 4.36 Å². The molecule has 2 aliphatic heterocycles. The number of hydrogen-bond donors (Lipinski definition) is 1. The summed E-state index contributed by atoms with van der Waals surface area (Å²) in [7, 11) is -1.98. The monoisotopic (exact) mass is 695 g/mol. The molecular weight excluding hydrogens is 650 g/mol. The molecule has 5 atom stereocenters. The normalized spacial score (nSPS) is 31.4. The van der Waals surface area contributed by atoms with Gasteiger partial charge < -0.3 is 19.1 Å². The number of amides is 2. The lowest BCUT2D eigenvalue weighted by Gasteiger charge is -2.46. The Morgan fingerprint density at radius 3 is 2.75 bits per heavy atom. The van der Waals surface area contributed by atoms with Crippen molar-refractivity contribution >= 4 is 39.0 Å². The third kappa shape index (κ3) is 6.65. The van der Waals surface area contributed by atoms with Gasteiger partial charge in [-0.3, -0.25) is 14.3 Å². The smallest absolute Gasteiger partial charge is 0.287 e. The minimum absolute atomic E-state index is 0.0929. The summed E-state index contributed by atoms with van der Waals surface area (Å²) in [5.41, 5.74) is 1.65. The molecule has 0 radical (unpaired) electrons. The fourth-order valence-corrected chi connectivity index (χ4v) is 9.68. The number of aryl methyl sites for hydroxylation is 1. The molecule has 11 heteroatoms. The number of hydrogen-bond acceptors (Lipinski definition) is 7. The van der Waals surface area contributed by atoms with Crippen molar-refractivity contribution in [1.82, 2.24) is 4.72 Å². The van der Waals surface area contributed by atoms with Crippen molar-refractivity contribution in [3.05, 3.63) is 64.7 Å². The van der Waals surface area contributed by atoms with Crippen molar-refractivity contribution < 1.29 is 28.0 Å². The predicted molar refractivity (Wildman–Crippen MR) is 186 cm³/mol. The largest absolute Gasteiger partial charge is 0.490 e. The van der Waals surface area contributed by atoms with Crippen molar-refractivity contribution in [1.29, 1.82) is 0 Å². The van der Waals surface area contributed by atoms with Crippen LogP contribution in [0.5, 0.6) is 5.75 Å². The molecule has 48 heavy (non-hydrogen) atoms. The molecule has 9 nitrogen and oxygen atoms in total. The number of fused-ring (bicyclic) bond motifs is 4. The van der Waals surface area contributed by atoms with Gasteiger partial charge in [0.25, 0.3) is 5.91 Å². The molecule has 2 fully saturated rings. The molecular formula is C37H46ClN3O6S. The molecule has 3 aliphatic carbocycles. The van der Waals surface area contributed by atoms with E-state index in [0.717, 1.165) is 62.2 Å². The lowest BCUT2D eigenvalue weighted by molar-refractivity contribution is -0.137. The summed E-state index contributed by atoms with van der Waals surface area (Å²) in [6.07, 6.45) is 11.1. The van der Waals surface area contributed by atoms with Crippen LogP contribution in [0.2, 0.25) is 5.02 Å². The summed E-state index contributed by atoms with van der Waals surface area (Å²) in [5.74, 6) is 0.516. The van der Waals surface area contributed by atoms with E-state index < -0.39 is 21.4 Å². The van der Waals surface area contributed by atoms with Crippen LogP contribution >= 0.6 is 11.6 Å². The van der Waals surface area contributed by atoms with Crippen molar-refractivity contribution in [2.75, 3.05) is 38.3 Å². The minimum atomic E-state index is -3.72. The number of nitrogens with one attached hydrogen (secondary N) is 1. The van der Waals surface area contributed by atoms with Crippen LogP contribution in [0, 0.1) is 17.8 Å². The molecule has 0 unspecified atom stereocenters. The van der Waals surface area contributed by atoms with E-state index in [9.17, 15) is 13.8 Å². The molecule has 5 aliphatic rings. The fourth-order valence-electron chi connectivity index (χ4n) is 7.85. The van der Waals surface area contributed by atoms with Gasteiger partial charge in [-0.2, -0.15) is 0 Å². The van der Waals surface area contributed by atoms with Gasteiger partial charge in [0.15, 0.2) is 9.92 Å². The van der Waals surface area contributed by atoms with Gasteiger partial charge in [0, 0.05) is 37.1 Å². The summed E-state index contributed by atoms with van der Waals surface area (Å²) in [6.45, 7) is 5.31. The summed E-state index contributed by atoms with van der Waals surface area (Å²) in [5, 5.41) is 0.736. The maximum Gasteiger partial charge on any atom is 0.287 e. The Hall–Kier alpha value is -2.92. The van der Waals surface area contributed by atoms with E-state index in [0.29, 0.717) is 30.7 Å². The molecule has 258 valence electrons. The Balaban J connectivity index is 1.35. The zero-order chi connectivity index (χ0) is 33.7. The molecule has 2 bridgehead atoms. The number of anilines is 1. The molecule has 2 aromatic carbocycles. The van der Waals surface area contributed by atoms with E-state index in [1.165, 1.54) is 11.1 Å². The third-order valence-electron chi connectivity index (χ3n) is 11.0. The molecule has 7 rings (SSSR count). The second kappa shape index (κ2) is 13.1. The molecule has 2 saturated carbocycles. The quantitative estimate of drug-likeness (QED) is 0.369. The van der Waals surface area contributed by atoms with Crippen LogP contribution in [0.15, 0.2) is 57.8 Å². The lowest BCUT2D eigenvalue weighted by Crippen LogP contribution is -2.49. The predicted octanol–water partition coefficient (Wildman–Crippen LogP) is 6.40. The summed E-state index contributed by atoms with van der Waals surface area (Å²) < 4.78 is 40.4. The Morgan fingerprint density at radius 1 is 1.17 bits per heavy atom. The number of ether oxygens (including phenoxy) is 3. The van der Waals surface area contributed by atoms with Crippen molar-refractivity contribution in [2.24, 2.45) is 22.1 Å². The molecule has 0 aromatic heterocycles. The van der Waals surface area contributed by atoms with Gasteiger partial charge >= 0.3 is 0 Å². The average molecular weight is 696 g/mol. The molecule has 2 heterocycles. The Kier molecular flexibility index (Phi) is 9.15. The number of carbonyl (C=O) groups is 2.